The molecule has 1 aliphatic rings. The summed E-state index contributed by atoms with van der Waals surface area (Å²) in [6.45, 7) is 0. The van der Waals surface area contributed by atoms with E-state index in [2.05, 4.69) is 4.99 Å². The molecule has 0 bridgehead atoms. The summed E-state index contributed by atoms with van der Waals surface area (Å²) in [5.74, 6) is 0.631. The second-order valence-electron chi connectivity index (χ2n) is 1.77. The fourth-order valence-corrected chi connectivity index (χ4v) is 0.857. The Morgan fingerprint density at radius 1 is 1.78 bits per heavy atom. The van der Waals surface area contributed by atoms with Gasteiger partial charge in [-0.05, 0) is 12.5 Å². The lowest BCUT2D eigenvalue weighted by atomic mass is 10.3. The van der Waals surface area contributed by atoms with E-state index in [4.69, 9.17) is 16.3 Å². The van der Waals surface area contributed by atoms with E-state index in [9.17, 15) is 0 Å². The van der Waals surface area contributed by atoms with Crippen molar-refractivity contribution in [3.05, 3.63) is 12.0 Å². The second-order valence-corrected chi connectivity index (χ2v) is 2.21. The number of hydrogen-bond acceptors (Lipinski definition) is 2. The van der Waals surface area contributed by atoms with E-state index in [1.54, 1.807) is 7.11 Å². The van der Waals surface area contributed by atoms with Crippen molar-refractivity contribution in [2.45, 2.75) is 12.8 Å². The average molecular weight is 146 g/mol. The molecule has 2 nitrogen and oxygen atoms in total. The van der Waals surface area contributed by atoms with Crippen molar-refractivity contribution in [1.82, 2.24) is 0 Å². The van der Waals surface area contributed by atoms with Gasteiger partial charge in [-0.25, -0.2) is 4.99 Å². The molecule has 0 radical (unpaired) electrons. The lowest BCUT2D eigenvalue weighted by Gasteiger charge is -2.05. The van der Waals surface area contributed by atoms with Crippen LogP contribution in [0.5, 0.6) is 0 Å². The maximum absolute atomic E-state index is 5.62. The topological polar surface area (TPSA) is 21.6 Å². The van der Waals surface area contributed by atoms with E-state index in [1.807, 2.05) is 6.08 Å². The highest BCUT2D eigenvalue weighted by molar-refractivity contribution is 6.65. The van der Waals surface area contributed by atoms with Gasteiger partial charge in [-0.3, -0.25) is 0 Å². The summed E-state index contributed by atoms with van der Waals surface area (Å²) in [4.78, 5) is 3.92. The molecule has 0 N–H and O–H groups in total. The van der Waals surface area contributed by atoms with Crippen LogP contribution < -0.4 is 0 Å². The molecular formula is C6H8ClNO. The zero-order valence-electron chi connectivity index (χ0n) is 5.22. The van der Waals surface area contributed by atoms with E-state index in [0.29, 0.717) is 11.1 Å². The first-order valence-corrected chi connectivity index (χ1v) is 3.18. The molecular weight excluding hydrogens is 138 g/mol. The summed E-state index contributed by atoms with van der Waals surface area (Å²) in [7, 11) is 1.59. The van der Waals surface area contributed by atoms with Crippen LogP contribution in [0.3, 0.4) is 0 Å². The average Bonchev–Trinajstić information content (AvgIpc) is 1.88. The Morgan fingerprint density at radius 2 is 2.56 bits per heavy atom. The van der Waals surface area contributed by atoms with Gasteiger partial charge in [-0.2, -0.15) is 0 Å². The molecule has 0 saturated heterocycles. The standard InChI is InChI=1S/C6H8ClNO/c1-9-6-4-2-3-5(7)8-6/h4H,2-3H2,1H3. The van der Waals surface area contributed by atoms with E-state index in [1.165, 1.54) is 0 Å². The fraction of sp³-hybridized carbons (Fsp3) is 0.500. The summed E-state index contributed by atoms with van der Waals surface area (Å²) in [6, 6.07) is 0. The Bertz CT molecular complexity index is 162. The lowest BCUT2D eigenvalue weighted by molar-refractivity contribution is 0.285. The Kier molecular flexibility index (Phi) is 2.11. The first-order valence-electron chi connectivity index (χ1n) is 2.80. The van der Waals surface area contributed by atoms with E-state index >= 15 is 0 Å². The lowest BCUT2D eigenvalue weighted by Crippen LogP contribution is -1.96. The van der Waals surface area contributed by atoms with Gasteiger partial charge in [0.1, 0.15) is 5.17 Å². The van der Waals surface area contributed by atoms with Gasteiger partial charge < -0.3 is 4.74 Å². The summed E-state index contributed by atoms with van der Waals surface area (Å²) < 4.78 is 4.85. The minimum atomic E-state index is 0.631. The maximum Gasteiger partial charge on any atom is 0.209 e. The molecule has 0 fully saturated rings. The van der Waals surface area contributed by atoms with Crippen LogP contribution >= 0.6 is 11.6 Å². The highest BCUT2D eigenvalue weighted by Crippen LogP contribution is 2.12. The van der Waals surface area contributed by atoms with Crippen LogP contribution in [0.15, 0.2) is 17.0 Å². The highest BCUT2D eigenvalue weighted by atomic mass is 35.5. The quantitative estimate of drug-likeness (QED) is 0.552. The third-order valence-corrected chi connectivity index (χ3v) is 1.38. The van der Waals surface area contributed by atoms with Crippen molar-refractivity contribution >= 4 is 16.8 Å². The summed E-state index contributed by atoms with van der Waals surface area (Å²) in [5, 5.41) is 0.634. The number of ether oxygens (including phenoxy) is 1. The number of methoxy groups -OCH3 is 1. The second kappa shape index (κ2) is 2.87. The molecule has 0 aromatic carbocycles. The fourth-order valence-electron chi connectivity index (χ4n) is 0.665. The molecule has 1 rings (SSSR count). The molecule has 0 saturated carbocycles. The first kappa shape index (κ1) is 6.62. The maximum atomic E-state index is 5.62. The van der Waals surface area contributed by atoms with E-state index < -0.39 is 0 Å². The van der Waals surface area contributed by atoms with Gasteiger partial charge in [0.25, 0.3) is 0 Å². The Morgan fingerprint density at radius 3 is 3.00 bits per heavy atom. The molecule has 0 aliphatic carbocycles. The van der Waals surface area contributed by atoms with Gasteiger partial charge in [0.2, 0.25) is 5.88 Å². The van der Waals surface area contributed by atoms with Gasteiger partial charge in [-0.15, -0.1) is 0 Å². The number of halogens is 1. The minimum Gasteiger partial charge on any atom is -0.481 e. The molecule has 3 heteroatoms. The Labute approximate surface area is 59.2 Å². The monoisotopic (exact) mass is 145 g/mol. The predicted molar refractivity (Wildman–Crippen MR) is 37.6 cm³/mol. The molecule has 0 aromatic heterocycles. The largest absolute Gasteiger partial charge is 0.481 e. The number of allylic oxidation sites excluding steroid dienone is 1. The number of hydrogen-bond donors (Lipinski definition) is 0. The minimum absolute atomic E-state index is 0.631. The van der Waals surface area contributed by atoms with Crippen molar-refractivity contribution in [2.24, 2.45) is 4.99 Å². The van der Waals surface area contributed by atoms with Crippen LogP contribution in [0.4, 0.5) is 0 Å². The van der Waals surface area contributed by atoms with Crippen LogP contribution in [-0.2, 0) is 4.74 Å². The predicted octanol–water partition coefficient (Wildman–Crippen LogP) is 1.91. The molecule has 0 amide bonds. The van der Waals surface area contributed by atoms with Crippen molar-refractivity contribution in [2.75, 3.05) is 7.11 Å². The van der Waals surface area contributed by atoms with Crippen LogP contribution in [0, 0.1) is 0 Å². The molecule has 0 spiro atoms. The van der Waals surface area contributed by atoms with Crippen molar-refractivity contribution in [3.8, 4) is 0 Å². The smallest absolute Gasteiger partial charge is 0.209 e. The summed E-state index contributed by atoms with van der Waals surface area (Å²) in [6.07, 6.45) is 3.70. The SMILES string of the molecule is COC1=CCCC(Cl)=N1. The molecule has 0 unspecified atom stereocenters. The Balaban J connectivity index is 2.63. The van der Waals surface area contributed by atoms with Gasteiger partial charge in [0.05, 0.1) is 7.11 Å². The molecule has 9 heavy (non-hydrogen) atoms. The van der Waals surface area contributed by atoms with Gasteiger partial charge in [0, 0.05) is 6.42 Å². The van der Waals surface area contributed by atoms with Gasteiger partial charge in [-0.1, -0.05) is 11.6 Å². The van der Waals surface area contributed by atoms with Crippen molar-refractivity contribution in [3.63, 3.8) is 0 Å². The van der Waals surface area contributed by atoms with Crippen LogP contribution in [0.2, 0.25) is 0 Å². The number of rotatable bonds is 1. The highest BCUT2D eigenvalue weighted by Gasteiger charge is 2.02. The Hall–Kier alpha value is -0.500. The molecule has 50 valence electrons. The summed E-state index contributed by atoms with van der Waals surface area (Å²) >= 11 is 5.62. The zero-order chi connectivity index (χ0) is 6.69. The van der Waals surface area contributed by atoms with Crippen LogP contribution in [0.1, 0.15) is 12.8 Å². The van der Waals surface area contributed by atoms with Gasteiger partial charge >= 0.3 is 0 Å². The van der Waals surface area contributed by atoms with Crippen molar-refractivity contribution < 1.29 is 4.74 Å². The van der Waals surface area contributed by atoms with Crippen LogP contribution in [0.25, 0.3) is 0 Å². The third-order valence-electron chi connectivity index (χ3n) is 1.11. The van der Waals surface area contributed by atoms with E-state index in [-0.39, 0.29) is 0 Å². The summed E-state index contributed by atoms with van der Waals surface area (Å²) in [5.41, 5.74) is 0. The van der Waals surface area contributed by atoms with Crippen molar-refractivity contribution in [1.29, 1.82) is 0 Å². The molecule has 1 heterocycles. The van der Waals surface area contributed by atoms with Gasteiger partial charge in [0.15, 0.2) is 0 Å². The molecule has 0 atom stereocenters. The first-order chi connectivity index (χ1) is 4.33. The number of nitrogens with zero attached hydrogens (tertiary/aromatic N) is 1. The molecule has 0 aromatic rings. The third kappa shape index (κ3) is 1.72. The van der Waals surface area contributed by atoms with Crippen LogP contribution in [-0.4, -0.2) is 12.3 Å². The molecule has 1 aliphatic heterocycles. The number of aliphatic imine (C=N–C) groups is 1. The van der Waals surface area contributed by atoms with E-state index in [0.717, 1.165) is 12.8 Å². The zero-order valence-corrected chi connectivity index (χ0v) is 5.98. The normalized spacial score (nSPS) is 18.4.